The number of hydrogen-bond donors (Lipinski definition) is 1. The van der Waals surface area contributed by atoms with E-state index in [-0.39, 0.29) is 41.2 Å². The van der Waals surface area contributed by atoms with E-state index in [2.05, 4.69) is 5.32 Å². The highest BCUT2D eigenvalue weighted by Gasteiger charge is 2.35. The number of nitrogens with one attached hydrogen (secondary N) is 1. The number of rotatable bonds is 4. The number of amides is 3. The van der Waals surface area contributed by atoms with E-state index >= 15 is 0 Å². The molecular formula is C17H27N3O5S. The largest absolute Gasteiger partial charge is 0.352 e. The van der Waals surface area contributed by atoms with Gasteiger partial charge >= 0.3 is 0 Å². The Bertz CT molecular complexity index is 649. The van der Waals surface area contributed by atoms with E-state index < -0.39 is 9.84 Å². The third kappa shape index (κ3) is 4.55. The number of carbonyl (C=O) groups excluding carboxylic acids is 3. The Labute approximate surface area is 154 Å². The first kappa shape index (κ1) is 19.1. The second kappa shape index (κ2) is 7.94. The summed E-state index contributed by atoms with van der Waals surface area (Å²) in [4.78, 5) is 39.3. The van der Waals surface area contributed by atoms with E-state index in [4.69, 9.17) is 0 Å². The van der Waals surface area contributed by atoms with Crippen LogP contribution in [0.25, 0.3) is 0 Å². The van der Waals surface area contributed by atoms with Gasteiger partial charge in [-0.25, -0.2) is 8.42 Å². The number of carbonyl (C=O) groups is 3. The van der Waals surface area contributed by atoms with E-state index in [0.29, 0.717) is 58.3 Å². The number of piperazine rings is 1. The molecule has 146 valence electrons. The second-order valence-corrected chi connectivity index (χ2v) is 9.85. The van der Waals surface area contributed by atoms with E-state index in [9.17, 15) is 22.8 Å². The molecule has 2 saturated heterocycles. The van der Waals surface area contributed by atoms with Gasteiger partial charge in [0.15, 0.2) is 9.84 Å². The lowest BCUT2D eigenvalue weighted by atomic mass is 9.80. The molecule has 1 saturated carbocycles. The van der Waals surface area contributed by atoms with Crippen LogP contribution in [0.4, 0.5) is 0 Å². The molecule has 0 radical (unpaired) electrons. The van der Waals surface area contributed by atoms with Gasteiger partial charge in [0.05, 0.1) is 11.5 Å². The fraction of sp³-hybridized carbons (Fsp3) is 0.824. The normalized spacial score (nSPS) is 31.5. The minimum Gasteiger partial charge on any atom is -0.352 e. The summed E-state index contributed by atoms with van der Waals surface area (Å²) in [5, 5.41) is 2.87. The van der Waals surface area contributed by atoms with Crippen molar-refractivity contribution in [3.05, 3.63) is 0 Å². The summed E-state index contributed by atoms with van der Waals surface area (Å²) in [7, 11) is -3.00. The molecule has 9 heteroatoms. The summed E-state index contributed by atoms with van der Waals surface area (Å²) < 4.78 is 23.0. The van der Waals surface area contributed by atoms with Crippen LogP contribution in [0.2, 0.25) is 0 Å². The molecule has 1 aliphatic carbocycles. The summed E-state index contributed by atoms with van der Waals surface area (Å²) >= 11 is 0. The van der Waals surface area contributed by atoms with Crippen LogP contribution < -0.4 is 5.32 Å². The molecule has 1 N–H and O–H groups in total. The van der Waals surface area contributed by atoms with Gasteiger partial charge in [-0.1, -0.05) is 0 Å². The molecule has 3 rings (SSSR count). The van der Waals surface area contributed by atoms with Crippen molar-refractivity contribution in [3.63, 3.8) is 0 Å². The first-order valence-electron chi connectivity index (χ1n) is 9.37. The molecule has 26 heavy (non-hydrogen) atoms. The van der Waals surface area contributed by atoms with Crippen LogP contribution in [0.1, 0.15) is 32.1 Å². The minimum absolute atomic E-state index is 0.0410. The molecule has 0 aromatic carbocycles. The summed E-state index contributed by atoms with van der Waals surface area (Å²) in [6.45, 7) is 2.32. The Morgan fingerprint density at radius 1 is 0.923 bits per heavy atom. The molecular weight excluding hydrogens is 358 g/mol. The SMILES string of the molecule is O=CN1CCN(C(=O)C2CCC(C(=O)NC3CCS(=O)(=O)C3)CC2)CC1. The monoisotopic (exact) mass is 385 g/mol. The lowest BCUT2D eigenvalue weighted by Gasteiger charge is -2.36. The second-order valence-electron chi connectivity index (χ2n) is 7.62. The van der Waals surface area contributed by atoms with Crippen LogP contribution >= 0.6 is 0 Å². The van der Waals surface area contributed by atoms with Gasteiger partial charge in [0, 0.05) is 44.1 Å². The van der Waals surface area contributed by atoms with Crippen molar-refractivity contribution < 1.29 is 22.8 Å². The average molecular weight is 385 g/mol. The standard InChI is InChI=1S/C17H27N3O5S/c21-12-19-6-8-20(9-7-19)17(23)14-3-1-13(2-4-14)16(22)18-15-5-10-26(24,25)11-15/h12-15H,1-11H2,(H,18,22). The summed E-state index contributed by atoms with van der Waals surface area (Å²) in [5.74, 6) is 0.0763. The molecule has 0 bridgehead atoms. The maximum absolute atomic E-state index is 12.6. The summed E-state index contributed by atoms with van der Waals surface area (Å²) in [6, 6.07) is -0.263. The van der Waals surface area contributed by atoms with Gasteiger partial charge in [-0.05, 0) is 32.1 Å². The van der Waals surface area contributed by atoms with Gasteiger partial charge < -0.3 is 15.1 Å². The maximum atomic E-state index is 12.6. The lowest BCUT2D eigenvalue weighted by molar-refractivity contribution is -0.141. The lowest BCUT2D eigenvalue weighted by Crippen LogP contribution is -2.50. The van der Waals surface area contributed by atoms with Crippen LogP contribution in [0.3, 0.4) is 0 Å². The molecule has 2 aliphatic heterocycles. The van der Waals surface area contributed by atoms with Gasteiger partial charge in [-0.15, -0.1) is 0 Å². The highest BCUT2D eigenvalue weighted by Crippen LogP contribution is 2.31. The molecule has 3 amide bonds. The van der Waals surface area contributed by atoms with Crippen LogP contribution in [-0.4, -0.2) is 80.2 Å². The van der Waals surface area contributed by atoms with Crippen molar-refractivity contribution in [3.8, 4) is 0 Å². The molecule has 2 heterocycles. The van der Waals surface area contributed by atoms with Crippen LogP contribution in [0.5, 0.6) is 0 Å². The molecule has 0 spiro atoms. The topological polar surface area (TPSA) is 104 Å². The Morgan fingerprint density at radius 2 is 1.54 bits per heavy atom. The van der Waals surface area contributed by atoms with Gasteiger partial charge in [-0.2, -0.15) is 0 Å². The Balaban J connectivity index is 1.43. The van der Waals surface area contributed by atoms with Crippen molar-refractivity contribution in [1.82, 2.24) is 15.1 Å². The summed E-state index contributed by atoms with van der Waals surface area (Å²) in [5.41, 5.74) is 0. The van der Waals surface area contributed by atoms with Gasteiger partial charge in [0.2, 0.25) is 18.2 Å². The van der Waals surface area contributed by atoms with E-state index in [1.807, 2.05) is 4.90 Å². The van der Waals surface area contributed by atoms with E-state index in [0.717, 1.165) is 6.41 Å². The van der Waals surface area contributed by atoms with Crippen molar-refractivity contribution in [2.24, 2.45) is 11.8 Å². The zero-order chi connectivity index (χ0) is 18.7. The van der Waals surface area contributed by atoms with Crippen LogP contribution in [-0.2, 0) is 24.2 Å². The number of hydrogen-bond acceptors (Lipinski definition) is 5. The van der Waals surface area contributed by atoms with Crippen LogP contribution in [0.15, 0.2) is 0 Å². The van der Waals surface area contributed by atoms with Crippen molar-refractivity contribution >= 4 is 28.1 Å². The summed E-state index contributed by atoms with van der Waals surface area (Å²) in [6.07, 6.45) is 4.02. The molecule has 1 unspecified atom stereocenters. The molecule has 0 aromatic heterocycles. The zero-order valence-corrected chi connectivity index (χ0v) is 15.7. The first-order valence-corrected chi connectivity index (χ1v) is 11.2. The highest BCUT2D eigenvalue weighted by molar-refractivity contribution is 7.91. The first-order chi connectivity index (χ1) is 12.4. The fourth-order valence-electron chi connectivity index (χ4n) is 4.14. The van der Waals surface area contributed by atoms with Crippen LogP contribution in [0, 0.1) is 11.8 Å². The number of sulfone groups is 1. The fourth-order valence-corrected chi connectivity index (χ4v) is 5.81. The van der Waals surface area contributed by atoms with E-state index in [1.54, 1.807) is 4.90 Å². The smallest absolute Gasteiger partial charge is 0.225 e. The van der Waals surface area contributed by atoms with Crippen molar-refractivity contribution in [2.45, 2.75) is 38.1 Å². The average Bonchev–Trinajstić information content (AvgIpc) is 2.99. The third-order valence-corrected chi connectivity index (χ3v) is 7.57. The van der Waals surface area contributed by atoms with Crippen molar-refractivity contribution in [1.29, 1.82) is 0 Å². The Kier molecular flexibility index (Phi) is 5.84. The van der Waals surface area contributed by atoms with E-state index in [1.165, 1.54) is 0 Å². The zero-order valence-electron chi connectivity index (χ0n) is 14.9. The van der Waals surface area contributed by atoms with Gasteiger partial charge in [0.25, 0.3) is 0 Å². The highest BCUT2D eigenvalue weighted by atomic mass is 32.2. The number of nitrogens with zero attached hydrogens (tertiary/aromatic N) is 2. The molecule has 3 aliphatic rings. The molecule has 3 fully saturated rings. The quantitative estimate of drug-likeness (QED) is 0.651. The maximum Gasteiger partial charge on any atom is 0.225 e. The molecule has 0 aromatic rings. The third-order valence-electron chi connectivity index (χ3n) is 5.80. The Morgan fingerprint density at radius 3 is 2.08 bits per heavy atom. The van der Waals surface area contributed by atoms with Gasteiger partial charge in [0.1, 0.15) is 0 Å². The van der Waals surface area contributed by atoms with Gasteiger partial charge in [-0.3, -0.25) is 14.4 Å². The van der Waals surface area contributed by atoms with Crippen molar-refractivity contribution in [2.75, 3.05) is 37.7 Å². The Hall–Kier alpha value is -1.64. The molecule has 1 atom stereocenters. The molecule has 8 nitrogen and oxygen atoms in total. The predicted octanol–water partition coefficient (Wildman–Crippen LogP) is -0.603. The predicted molar refractivity (Wildman–Crippen MR) is 94.9 cm³/mol. The minimum atomic E-state index is -3.00.